The number of carbonyl (C=O) groups excluding carboxylic acids is 1. The molecule has 0 aromatic heterocycles. The Balaban J connectivity index is 0.00000320. The van der Waals surface area contributed by atoms with Gasteiger partial charge in [0, 0.05) is 57.3 Å². The standard InChI is InChI=1S/C21H39N5O2S.HI/c1-24(2)19(27)17-23-20(22-9-6-10-25-11-14-28-15-12-25)26-13-16-29-21(18-26)7-4-3-5-8-21;/h3-18H2,1-2H3,(H,22,23);1H. The van der Waals surface area contributed by atoms with E-state index in [2.05, 4.69) is 26.9 Å². The van der Waals surface area contributed by atoms with Gasteiger partial charge in [0.05, 0.1) is 13.2 Å². The van der Waals surface area contributed by atoms with Crippen LogP contribution in [0.15, 0.2) is 4.99 Å². The lowest BCUT2D eigenvalue weighted by molar-refractivity contribution is -0.127. The molecular weight excluding hydrogens is 513 g/mol. The molecule has 1 amide bonds. The number of amides is 1. The number of aliphatic imine (C=N–C) groups is 1. The van der Waals surface area contributed by atoms with Gasteiger partial charge in [-0.05, 0) is 25.8 Å². The molecule has 0 atom stereocenters. The largest absolute Gasteiger partial charge is 0.379 e. The molecule has 3 rings (SSSR count). The molecule has 1 saturated carbocycles. The maximum Gasteiger partial charge on any atom is 0.243 e. The maximum absolute atomic E-state index is 12.1. The van der Waals surface area contributed by atoms with Gasteiger partial charge >= 0.3 is 0 Å². The van der Waals surface area contributed by atoms with Crippen LogP contribution in [0.2, 0.25) is 0 Å². The lowest BCUT2D eigenvalue weighted by Gasteiger charge is -2.45. The molecule has 0 aromatic rings. The van der Waals surface area contributed by atoms with E-state index in [0.29, 0.717) is 4.75 Å². The van der Waals surface area contributed by atoms with E-state index in [1.807, 2.05) is 0 Å². The van der Waals surface area contributed by atoms with Crippen molar-refractivity contribution in [2.75, 3.05) is 78.9 Å². The van der Waals surface area contributed by atoms with Gasteiger partial charge in [0.15, 0.2) is 5.96 Å². The number of hydrogen-bond donors (Lipinski definition) is 1. The van der Waals surface area contributed by atoms with Crippen LogP contribution in [0.1, 0.15) is 38.5 Å². The van der Waals surface area contributed by atoms with Crippen molar-refractivity contribution < 1.29 is 9.53 Å². The van der Waals surface area contributed by atoms with Gasteiger partial charge in [-0.1, -0.05) is 19.3 Å². The van der Waals surface area contributed by atoms with Crippen molar-refractivity contribution >= 4 is 47.6 Å². The van der Waals surface area contributed by atoms with E-state index < -0.39 is 0 Å². The molecule has 2 heterocycles. The van der Waals surface area contributed by atoms with Gasteiger partial charge < -0.3 is 19.9 Å². The molecule has 0 unspecified atom stereocenters. The zero-order valence-corrected chi connectivity index (χ0v) is 21.9. The van der Waals surface area contributed by atoms with Crippen molar-refractivity contribution in [2.45, 2.75) is 43.3 Å². The van der Waals surface area contributed by atoms with Crippen molar-refractivity contribution in [1.29, 1.82) is 0 Å². The maximum atomic E-state index is 12.1. The molecule has 1 spiro atoms. The fourth-order valence-corrected chi connectivity index (χ4v) is 5.97. The van der Waals surface area contributed by atoms with Crippen molar-refractivity contribution in [3.63, 3.8) is 0 Å². The summed E-state index contributed by atoms with van der Waals surface area (Å²) in [7, 11) is 3.59. The number of rotatable bonds is 6. The summed E-state index contributed by atoms with van der Waals surface area (Å²) >= 11 is 2.17. The molecular formula is C21H40IN5O2S. The molecule has 1 N–H and O–H groups in total. The van der Waals surface area contributed by atoms with Crippen LogP contribution >= 0.6 is 35.7 Å². The number of ether oxygens (including phenoxy) is 1. The summed E-state index contributed by atoms with van der Waals surface area (Å²) in [4.78, 5) is 23.3. The van der Waals surface area contributed by atoms with E-state index >= 15 is 0 Å². The summed E-state index contributed by atoms with van der Waals surface area (Å²) in [5, 5.41) is 3.58. The van der Waals surface area contributed by atoms with E-state index in [1.165, 1.54) is 32.1 Å². The van der Waals surface area contributed by atoms with Crippen LogP contribution in [-0.2, 0) is 9.53 Å². The topological polar surface area (TPSA) is 60.4 Å². The molecule has 1 aliphatic carbocycles. The van der Waals surface area contributed by atoms with Gasteiger partial charge in [-0.3, -0.25) is 9.69 Å². The number of hydrogen-bond acceptors (Lipinski definition) is 5. The van der Waals surface area contributed by atoms with Crippen LogP contribution < -0.4 is 5.32 Å². The second kappa shape index (κ2) is 13.3. The Hall–Kier alpha value is -0.260. The first-order valence-electron chi connectivity index (χ1n) is 11.3. The van der Waals surface area contributed by atoms with Crippen molar-refractivity contribution in [1.82, 2.24) is 20.0 Å². The number of thioether (sulfide) groups is 1. The van der Waals surface area contributed by atoms with E-state index in [9.17, 15) is 4.79 Å². The Morgan fingerprint density at radius 3 is 2.60 bits per heavy atom. The second-order valence-electron chi connectivity index (χ2n) is 8.68. The first kappa shape index (κ1) is 26.0. The number of guanidine groups is 1. The van der Waals surface area contributed by atoms with Crippen LogP contribution in [0, 0.1) is 0 Å². The lowest BCUT2D eigenvalue weighted by atomic mass is 9.87. The number of morpholine rings is 1. The summed E-state index contributed by atoms with van der Waals surface area (Å²) in [6, 6.07) is 0. The predicted molar refractivity (Wildman–Crippen MR) is 136 cm³/mol. The molecule has 2 saturated heterocycles. The van der Waals surface area contributed by atoms with Gasteiger partial charge in [-0.15, -0.1) is 24.0 Å². The third-order valence-corrected chi connectivity index (χ3v) is 7.75. The number of carbonyl (C=O) groups is 1. The van der Waals surface area contributed by atoms with E-state index in [-0.39, 0.29) is 36.4 Å². The van der Waals surface area contributed by atoms with Crippen LogP contribution in [0.5, 0.6) is 0 Å². The molecule has 3 fully saturated rings. The van der Waals surface area contributed by atoms with E-state index in [1.54, 1.807) is 19.0 Å². The summed E-state index contributed by atoms with van der Waals surface area (Å²) in [6.07, 6.45) is 7.78. The Kier molecular flexibility index (Phi) is 11.5. The van der Waals surface area contributed by atoms with Crippen LogP contribution in [0.3, 0.4) is 0 Å². The predicted octanol–water partition coefficient (Wildman–Crippen LogP) is 2.11. The SMILES string of the molecule is CN(C)C(=O)CN=C(NCCCN1CCOCC1)N1CCSC2(CCCCC2)C1.I. The zero-order chi connectivity index (χ0) is 20.5. The zero-order valence-electron chi connectivity index (χ0n) is 18.7. The highest BCUT2D eigenvalue weighted by molar-refractivity contribution is 14.0. The molecule has 174 valence electrons. The van der Waals surface area contributed by atoms with Crippen LogP contribution in [-0.4, -0.2) is 110 Å². The molecule has 7 nitrogen and oxygen atoms in total. The summed E-state index contributed by atoms with van der Waals surface area (Å²) in [5.74, 6) is 2.12. The highest BCUT2D eigenvalue weighted by Crippen LogP contribution is 2.42. The number of likely N-dealkylation sites (N-methyl/N-ethyl adjacent to an activating group) is 1. The fourth-order valence-electron chi connectivity index (χ4n) is 4.40. The van der Waals surface area contributed by atoms with Gasteiger partial charge in [0.1, 0.15) is 6.54 Å². The Labute approximate surface area is 203 Å². The summed E-state index contributed by atoms with van der Waals surface area (Å²) in [6.45, 7) is 8.02. The van der Waals surface area contributed by atoms with Gasteiger partial charge in [-0.2, -0.15) is 11.8 Å². The minimum Gasteiger partial charge on any atom is -0.379 e. The average Bonchev–Trinajstić information content (AvgIpc) is 2.74. The number of nitrogens with one attached hydrogen (secondary N) is 1. The molecule has 9 heteroatoms. The quantitative estimate of drug-likeness (QED) is 0.236. The van der Waals surface area contributed by atoms with Gasteiger partial charge in [-0.25, -0.2) is 4.99 Å². The highest BCUT2D eigenvalue weighted by Gasteiger charge is 2.38. The third-order valence-electron chi connectivity index (χ3n) is 6.21. The monoisotopic (exact) mass is 553 g/mol. The number of halogens is 1. The van der Waals surface area contributed by atoms with Crippen LogP contribution in [0.25, 0.3) is 0 Å². The van der Waals surface area contributed by atoms with Crippen molar-refractivity contribution in [2.24, 2.45) is 4.99 Å². The second-order valence-corrected chi connectivity index (χ2v) is 10.2. The highest BCUT2D eigenvalue weighted by atomic mass is 127. The van der Waals surface area contributed by atoms with Crippen molar-refractivity contribution in [3.05, 3.63) is 0 Å². The molecule has 2 aliphatic heterocycles. The molecule has 0 radical (unpaired) electrons. The van der Waals surface area contributed by atoms with E-state index in [4.69, 9.17) is 9.73 Å². The van der Waals surface area contributed by atoms with Crippen LogP contribution in [0.4, 0.5) is 0 Å². The summed E-state index contributed by atoms with van der Waals surface area (Å²) < 4.78 is 5.82. The lowest BCUT2D eigenvalue weighted by Crippen LogP contribution is -2.54. The Morgan fingerprint density at radius 1 is 1.17 bits per heavy atom. The summed E-state index contributed by atoms with van der Waals surface area (Å²) in [5.41, 5.74) is 0. The minimum absolute atomic E-state index is 0. The average molecular weight is 554 g/mol. The third kappa shape index (κ3) is 8.02. The molecule has 30 heavy (non-hydrogen) atoms. The minimum atomic E-state index is 0. The Morgan fingerprint density at radius 2 is 1.90 bits per heavy atom. The first-order valence-corrected chi connectivity index (χ1v) is 12.2. The Bertz CT molecular complexity index is 546. The smallest absolute Gasteiger partial charge is 0.243 e. The molecule has 0 bridgehead atoms. The van der Waals surface area contributed by atoms with E-state index in [0.717, 1.165) is 70.6 Å². The van der Waals surface area contributed by atoms with Gasteiger partial charge in [0.25, 0.3) is 0 Å². The fraction of sp³-hybridized carbons (Fsp3) is 0.905. The number of nitrogens with zero attached hydrogens (tertiary/aromatic N) is 4. The van der Waals surface area contributed by atoms with Gasteiger partial charge in [0.2, 0.25) is 5.91 Å². The molecule has 0 aromatic carbocycles. The van der Waals surface area contributed by atoms with Crippen molar-refractivity contribution in [3.8, 4) is 0 Å². The molecule has 3 aliphatic rings. The first-order chi connectivity index (χ1) is 14.1. The normalized spacial score (nSPS) is 22.5.